The van der Waals surface area contributed by atoms with Gasteiger partial charge in [-0.25, -0.2) is 0 Å². The molecule has 1 aliphatic carbocycles. The van der Waals surface area contributed by atoms with Gasteiger partial charge in [0.1, 0.15) is 5.60 Å². The van der Waals surface area contributed by atoms with Gasteiger partial charge in [-0.15, -0.1) is 0 Å². The molecule has 0 spiro atoms. The fourth-order valence-corrected chi connectivity index (χ4v) is 0.883. The summed E-state index contributed by atoms with van der Waals surface area (Å²) in [4.78, 5) is 22.2. The average molecular weight is 200 g/mol. The van der Waals surface area contributed by atoms with Crippen molar-refractivity contribution in [1.82, 2.24) is 10.6 Å². The molecule has 0 unspecified atom stereocenters. The molecule has 0 aliphatic heterocycles. The molecule has 0 atom stereocenters. The molecule has 1 saturated carbocycles. The highest BCUT2D eigenvalue weighted by molar-refractivity contribution is 5.88. The normalized spacial score (nSPS) is 16.2. The Balaban J connectivity index is 2.18. The van der Waals surface area contributed by atoms with E-state index in [0.717, 1.165) is 12.8 Å². The van der Waals surface area contributed by atoms with E-state index in [-0.39, 0.29) is 12.5 Å². The Bertz CT molecular complexity index is 241. The minimum absolute atomic E-state index is 0.0701. The quantitative estimate of drug-likeness (QED) is 0.553. The van der Waals surface area contributed by atoms with Crippen LogP contribution in [0.3, 0.4) is 0 Å². The predicted octanol–water partition coefficient (Wildman–Crippen LogP) is -0.848. The summed E-state index contributed by atoms with van der Waals surface area (Å²) >= 11 is 0. The van der Waals surface area contributed by atoms with Crippen molar-refractivity contribution in [2.75, 3.05) is 6.54 Å². The number of amides is 2. The monoisotopic (exact) mass is 200 g/mol. The van der Waals surface area contributed by atoms with Crippen molar-refractivity contribution in [1.29, 1.82) is 0 Å². The van der Waals surface area contributed by atoms with E-state index in [2.05, 4.69) is 10.6 Å². The lowest BCUT2D eigenvalue weighted by Crippen LogP contribution is -2.46. The predicted molar refractivity (Wildman–Crippen MR) is 50.5 cm³/mol. The summed E-state index contributed by atoms with van der Waals surface area (Å²) in [5.41, 5.74) is -1.43. The van der Waals surface area contributed by atoms with Crippen molar-refractivity contribution in [3.63, 3.8) is 0 Å². The molecule has 3 N–H and O–H groups in total. The minimum atomic E-state index is -1.43. The molecule has 14 heavy (non-hydrogen) atoms. The van der Waals surface area contributed by atoms with Crippen LogP contribution in [-0.4, -0.2) is 35.1 Å². The van der Waals surface area contributed by atoms with Gasteiger partial charge in [0.15, 0.2) is 0 Å². The SMILES string of the molecule is CC(C)(O)C(=O)NCC(=O)NC1CC1. The Morgan fingerprint density at radius 1 is 1.43 bits per heavy atom. The summed E-state index contributed by atoms with van der Waals surface area (Å²) < 4.78 is 0. The minimum Gasteiger partial charge on any atom is -0.381 e. The highest BCUT2D eigenvalue weighted by Gasteiger charge is 2.26. The van der Waals surface area contributed by atoms with Crippen LogP contribution in [0.25, 0.3) is 0 Å². The maximum atomic E-state index is 11.1. The number of rotatable bonds is 4. The Kier molecular flexibility index (Phi) is 3.10. The molecule has 1 fully saturated rings. The number of nitrogens with one attached hydrogen (secondary N) is 2. The Morgan fingerprint density at radius 2 is 2.00 bits per heavy atom. The molecule has 0 heterocycles. The lowest BCUT2D eigenvalue weighted by Gasteiger charge is -2.16. The van der Waals surface area contributed by atoms with Crippen molar-refractivity contribution < 1.29 is 14.7 Å². The second-order valence-corrected chi connectivity index (χ2v) is 4.08. The van der Waals surface area contributed by atoms with E-state index in [4.69, 9.17) is 0 Å². The molecule has 5 heteroatoms. The highest BCUT2D eigenvalue weighted by Crippen LogP contribution is 2.18. The molecule has 0 radical (unpaired) electrons. The second-order valence-electron chi connectivity index (χ2n) is 4.08. The van der Waals surface area contributed by atoms with Gasteiger partial charge in [0.05, 0.1) is 6.54 Å². The zero-order valence-corrected chi connectivity index (χ0v) is 8.46. The molecule has 0 saturated heterocycles. The van der Waals surface area contributed by atoms with Crippen LogP contribution in [0.2, 0.25) is 0 Å². The van der Waals surface area contributed by atoms with Crippen LogP contribution in [-0.2, 0) is 9.59 Å². The van der Waals surface area contributed by atoms with Gasteiger partial charge in [-0.05, 0) is 26.7 Å². The van der Waals surface area contributed by atoms with Crippen LogP contribution < -0.4 is 10.6 Å². The van der Waals surface area contributed by atoms with E-state index < -0.39 is 11.5 Å². The zero-order valence-electron chi connectivity index (χ0n) is 8.46. The van der Waals surface area contributed by atoms with Gasteiger partial charge < -0.3 is 15.7 Å². The van der Waals surface area contributed by atoms with Crippen molar-refractivity contribution in [3.05, 3.63) is 0 Å². The summed E-state index contributed by atoms with van der Waals surface area (Å²) in [5.74, 6) is -0.742. The summed E-state index contributed by atoms with van der Waals surface area (Å²) in [5, 5.41) is 14.3. The van der Waals surface area contributed by atoms with Crippen molar-refractivity contribution in [2.45, 2.75) is 38.3 Å². The first-order chi connectivity index (χ1) is 6.39. The number of aliphatic hydroxyl groups is 1. The zero-order chi connectivity index (χ0) is 10.8. The smallest absolute Gasteiger partial charge is 0.251 e. The first-order valence-electron chi connectivity index (χ1n) is 4.69. The molecule has 1 rings (SSSR count). The molecular formula is C9H16N2O3. The largest absolute Gasteiger partial charge is 0.381 e. The second kappa shape index (κ2) is 3.96. The van der Waals surface area contributed by atoms with E-state index in [0.29, 0.717) is 6.04 Å². The van der Waals surface area contributed by atoms with Gasteiger partial charge in [0, 0.05) is 6.04 Å². The van der Waals surface area contributed by atoms with Crippen LogP contribution in [0.5, 0.6) is 0 Å². The number of carbonyl (C=O) groups is 2. The lowest BCUT2D eigenvalue weighted by molar-refractivity contribution is -0.137. The number of hydrogen-bond acceptors (Lipinski definition) is 3. The van der Waals surface area contributed by atoms with E-state index in [1.54, 1.807) is 0 Å². The number of carbonyl (C=O) groups excluding carboxylic acids is 2. The van der Waals surface area contributed by atoms with Crippen LogP contribution in [0.15, 0.2) is 0 Å². The van der Waals surface area contributed by atoms with E-state index >= 15 is 0 Å². The number of hydrogen-bond donors (Lipinski definition) is 3. The fourth-order valence-electron chi connectivity index (χ4n) is 0.883. The maximum Gasteiger partial charge on any atom is 0.251 e. The van der Waals surface area contributed by atoms with Crippen molar-refractivity contribution in [2.24, 2.45) is 0 Å². The third-order valence-corrected chi connectivity index (χ3v) is 1.91. The van der Waals surface area contributed by atoms with Gasteiger partial charge in [-0.1, -0.05) is 0 Å². The lowest BCUT2D eigenvalue weighted by atomic mass is 10.1. The molecule has 0 aromatic rings. The Labute approximate surface area is 82.9 Å². The van der Waals surface area contributed by atoms with Gasteiger partial charge in [-0.3, -0.25) is 9.59 Å². The first-order valence-corrected chi connectivity index (χ1v) is 4.69. The average Bonchev–Trinajstić information content (AvgIpc) is 2.82. The topological polar surface area (TPSA) is 78.4 Å². The summed E-state index contributed by atoms with van der Waals surface area (Å²) in [6.07, 6.45) is 2.04. The fraction of sp³-hybridized carbons (Fsp3) is 0.778. The summed E-state index contributed by atoms with van der Waals surface area (Å²) in [6, 6.07) is 0.293. The van der Waals surface area contributed by atoms with Crippen molar-refractivity contribution >= 4 is 11.8 Å². The van der Waals surface area contributed by atoms with Gasteiger partial charge in [0.2, 0.25) is 5.91 Å². The van der Waals surface area contributed by atoms with Crippen LogP contribution in [0, 0.1) is 0 Å². The first kappa shape index (κ1) is 11.0. The Morgan fingerprint density at radius 3 is 2.43 bits per heavy atom. The van der Waals surface area contributed by atoms with Gasteiger partial charge in [0.25, 0.3) is 5.91 Å². The van der Waals surface area contributed by atoms with Gasteiger partial charge >= 0.3 is 0 Å². The standard InChI is InChI=1S/C9H16N2O3/c1-9(2,14)8(13)10-5-7(12)11-6-3-4-6/h6,14H,3-5H2,1-2H3,(H,10,13)(H,11,12). The van der Waals surface area contributed by atoms with E-state index in [9.17, 15) is 14.7 Å². The highest BCUT2D eigenvalue weighted by atomic mass is 16.3. The van der Waals surface area contributed by atoms with Crippen molar-refractivity contribution in [3.8, 4) is 0 Å². The van der Waals surface area contributed by atoms with Crippen LogP contribution >= 0.6 is 0 Å². The van der Waals surface area contributed by atoms with E-state index in [1.807, 2.05) is 0 Å². The van der Waals surface area contributed by atoms with Crippen LogP contribution in [0.1, 0.15) is 26.7 Å². The maximum absolute atomic E-state index is 11.1. The van der Waals surface area contributed by atoms with E-state index in [1.165, 1.54) is 13.8 Å². The molecule has 2 amide bonds. The molecule has 0 aromatic heterocycles. The van der Waals surface area contributed by atoms with Gasteiger partial charge in [-0.2, -0.15) is 0 Å². The molecule has 5 nitrogen and oxygen atoms in total. The summed E-state index contributed by atoms with van der Waals surface area (Å²) in [7, 11) is 0. The molecule has 0 aromatic carbocycles. The Hall–Kier alpha value is -1.10. The summed E-state index contributed by atoms with van der Waals surface area (Å²) in [6.45, 7) is 2.68. The molecule has 80 valence electrons. The third-order valence-electron chi connectivity index (χ3n) is 1.91. The van der Waals surface area contributed by atoms with Crippen LogP contribution in [0.4, 0.5) is 0 Å². The third kappa shape index (κ3) is 3.74. The molecule has 0 bridgehead atoms. The molecular weight excluding hydrogens is 184 g/mol. The molecule has 1 aliphatic rings.